The number of Topliss-reactive ketones (excluding diaryl/α,β-unsaturated/α-hetero) is 1. The number of nitrogens with one attached hydrogen (secondary N) is 1. The minimum atomic E-state index is -3.89. The maximum absolute atomic E-state index is 12.8. The zero-order valence-corrected chi connectivity index (χ0v) is 20.3. The first kappa shape index (κ1) is 26.3. The topological polar surface area (TPSA) is 111 Å². The fraction of sp³-hybridized carbons (Fsp3) is 0.391. The van der Waals surface area contributed by atoms with Crippen LogP contribution in [0.3, 0.4) is 0 Å². The van der Waals surface area contributed by atoms with E-state index in [1.807, 2.05) is 0 Å². The summed E-state index contributed by atoms with van der Waals surface area (Å²) < 4.78 is 42.4. The number of rotatable bonds is 12. The quantitative estimate of drug-likeness (QED) is 0.368. The van der Waals surface area contributed by atoms with Crippen LogP contribution in [0.15, 0.2) is 47.4 Å². The SMILES string of the molecule is COCCOc1ccc(C(C)NC(=O)CN(C)S(=O)(=O)c2ccc(C(C)=O)cc2)cc1OC. The molecule has 1 atom stereocenters. The first-order valence-electron chi connectivity index (χ1n) is 10.3. The van der Waals surface area contributed by atoms with Crippen LogP contribution in [0, 0.1) is 0 Å². The van der Waals surface area contributed by atoms with Gasteiger partial charge >= 0.3 is 0 Å². The zero-order valence-electron chi connectivity index (χ0n) is 19.5. The number of benzene rings is 2. The molecular formula is C23H30N2O7S. The average Bonchev–Trinajstić information content (AvgIpc) is 2.79. The second-order valence-electron chi connectivity index (χ2n) is 7.38. The van der Waals surface area contributed by atoms with Crippen molar-refractivity contribution in [1.29, 1.82) is 0 Å². The van der Waals surface area contributed by atoms with Crippen LogP contribution in [0.4, 0.5) is 0 Å². The van der Waals surface area contributed by atoms with Crippen LogP contribution in [0.1, 0.15) is 35.8 Å². The largest absolute Gasteiger partial charge is 0.493 e. The van der Waals surface area contributed by atoms with E-state index in [1.54, 1.807) is 32.2 Å². The molecular weight excluding hydrogens is 448 g/mol. The molecule has 33 heavy (non-hydrogen) atoms. The Balaban J connectivity index is 2.03. The number of ketones is 1. The van der Waals surface area contributed by atoms with Gasteiger partial charge < -0.3 is 19.5 Å². The lowest BCUT2D eigenvalue weighted by molar-refractivity contribution is -0.121. The van der Waals surface area contributed by atoms with Crippen molar-refractivity contribution in [2.24, 2.45) is 0 Å². The number of nitrogens with zero attached hydrogens (tertiary/aromatic N) is 1. The third-order valence-electron chi connectivity index (χ3n) is 4.95. The lowest BCUT2D eigenvalue weighted by atomic mass is 10.1. The first-order chi connectivity index (χ1) is 15.6. The summed E-state index contributed by atoms with van der Waals surface area (Å²) in [5, 5.41) is 2.79. The minimum Gasteiger partial charge on any atom is -0.493 e. The number of likely N-dealkylation sites (N-methyl/N-ethyl adjacent to an activating group) is 1. The fourth-order valence-electron chi connectivity index (χ4n) is 3.01. The monoisotopic (exact) mass is 478 g/mol. The van der Waals surface area contributed by atoms with Crippen molar-refractivity contribution >= 4 is 21.7 Å². The van der Waals surface area contributed by atoms with Crippen LogP contribution in [0.2, 0.25) is 0 Å². The summed E-state index contributed by atoms with van der Waals surface area (Å²) in [6.45, 7) is 3.63. The number of hydrogen-bond acceptors (Lipinski definition) is 7. The standard InChI is InChI=1S/C23H30N2O7S/c1-16(19-8-11-21(22(14-19)31-5)32-13-12-30-4)24-23(27)15-25(3)33(28,29)20-9-6-18(7-10-20)17(2)26/h6-11,14,16H,12-13,15H2,1-5H3,(H,24,27). The fourth-order valence-corrected chi connectivity index (χ4v) is 4.13. The van der Waals surface area contributed by atoms with Gasteiger partial charge in [0.2, 0.25) is 15.9 Å². The molecule has 2 aromatic rings. The number of sulfonamides is 1. The zero-order chi connectivity index (χ0) is 24.6. The Morgan fingerprint density at radius 3 is 2.27 bits per heavy atom. The van der Waals surface area contributed by atoms with Gasteiger partial charge in [0.15, 0.2) is 17.3 Å². The van der Waals surface area contributed by atoms with Gasteiger partial charge in [-0.3, -0.25) is 9.59 Å². The average molecular weight is 479 g/mol. The molecule has 2 aromatic carbocycles. The van der Waals surface area contributed by atoms with E-state index < -0.39 is 22.0 Å². The number of methoxy groups -OCH3 is 2. The first-order valence-corrected chi connectivity index (χ1v) is 11.7. The molecule has 0 saturated carbocycles. The van der Waals surface area contributed by atoms with E-state index in [1.165, 1.54) is 45.3 Å². The van der Waals surface area contributed by atoms with E-state index in [-0.39, 0.29) is 17.2 Å². The van der Waals surface area contributed by atoms with Crippen molar-refractivity contribution < 1.29 is 32.2 Å². The van der Waals surface area contributed by atoms with Crippen molar-refractivity contribution in [2.45, 2.75) is 24.8 Å². The molecule has 1 amide bonds. The molecule has 2 rings (SSSR count). The highest BCUT2D eigenvalue weighted by Gasteiger charge is 2.24. The van der Waals surface area contributed by atoms with Crippen LogP contribution in [0.25, 0.3) is 0 Å². The molecule has 9 nitrogen and oxygen atoms in total. The lowest BCUT2D eigenvalue weighted by Crippen LogP contribution is -2.39. The molecule has 0 heterocycles. The van der Waals surface area contributed by atoms with E-state index in [9.17, 15) is 18.0 Å². The van der Waals surface area contributed by atoms with Gasteiger partial charge in [-0.25, -0.2) is 8.42 Å². The van der Waals surface area contributed by atoms with Gasteiger partial charge in [0, 0.05) is 19.7 Å². The molecule has 1 N–H and O–H groups in total. The number of carbonyl (C=O) groups is 2. The van der Waals surface area contributed by atoms with E-state index in [0.29, 0.717) is 30.3 Å². The van der Waals surface area contributed by atoms with E-state index in [4.69, 9.17) is 14.2 Å². The molecule has 0 radical (unpaired) electrons. The van der Waals surface area contributed by atoms with Gasteiger partial charge in [0.1, 0.15) is 6.61 Å². The molecule has 1 unspecified atom stereocenters. The van der Waals surface area contributed by atoms with Gasteiger partial charge in [0.25, 0.3) is 0 Å². The summed E-state index contributed by atoms with van der Waals surface area (Å²) in [6, 6.07) is 10.5. The lowest BCUT2D eigenvalue weighted by Gasteiger charge is -2.20. The highest BCUT2D eigenvalue weighted by Crippen LogP contribution is 2.30. The minimum absolute atomic E-state index is 0.00430. The molecule has 180 valence electrons. The Hall–Kier alpha value is -2.95. The number of hydrogen-bond donors (Lipinski definition) is 1. The van der Waals surface area contributed by atoms with Crippen LogP contribution >= 0.6 is 0 Å². The van der Waals surface area contributed by atoms with Crippen molar-refractivity contribution in [2.75, 3.05) is 41.0 Å². The summed E-state index contributed by atoms with van der Waals surface area (Å²) in [6.07, 6.45) is 0. The molecule has 0 bridgehead atoms. The number of amides is 1. The summed E-state index contributed by atoms with van der Waals surface area (Å²) in [4.78, 5) is 23.9. The Kier molecular flexibility index (Phi) is 9.39. The van der Waals surface area contributed by atoms with Crippen molar-refractivity contribution in [3.05, 3.63) is 53.6 Å². The van der Waals surface area contributed by atoms with E-state index >= 15 is 0 Å². The van der Waals surface area contributed by atoms with Crippen LogP contribution in [0.5, 0.6) is 11.5 Å². The Labute approximate surface area is 194 Å². The van der Waals surface area contributed by atoms with Gasteiger partial charge in [0.05, 0.1) is 31.2 Å². The Morgan fingerprint density at radius 1 is 1.03 bits per heavy atom. The van der Waals surface area contributed by atoms with E-state index in [2.05, 4.69) is 5.32 Å². The molecule has 0 aliphatic rings. The summed E-state index contributed by atoms with van der Waals surface area (Å²) in [5.41, 5.74) is 1.18. The second-order valence-corrected chi connectivity index (χ2v) is 9.43. The highest BCUT2D eigenvalue weighted by molar-refractivity contribution is 7.89. The summed E-state index contributed by atoms with van der Waals surface area (Å²) in [5.74, 6) is 0.442. The smallest absolute Gasteiger partial charge is 0.243 e. The molecule has 0 aromatic heterocycles. The van der Waals surface area contributed by atoms with Crippen LogP contribution < -0.4 is 14.8 Å². The Morgan fingerprint density at radius 2 is 1.70 bits per heavy atom. The molecule has 0 aliphatic carbocycles. The van der Waals surface area contributed by atoms with Crippen molar-refractivity contribution in [3.63, 3.8) is 0 Å². The van der Waals surface area contributed by atoms with Gasteiger partial charge in [-0.15, -0.1) is 0 Å². The maximum atomic E-state index is 12.8. The van der Waals surface area contributed by atoms with Gasteiger partial charge in [-0.2, -0.15) is 4.31 Å². The molecule has 0 fully saturated rings. The maximum Gasteiger partial charge on any atom is 0.243 e. The molecule has 0 saturated heterocycles. The summed E-state index contributed by atoms with van der Waals surface area (Å²) in [7, 11) is 0.543. The molecule has 10 heteroatoms. The van der Waals surface area contributed by atoms with Gasteiger partial charge in [-0.05, 0) is 43.7 Å². The third kappa shape index (κ3) is 7.01. The predicted molar refractivity (Wildman–Crippen MR) is 123 cm³/mol. The van der Waals surface area contributed by atoms with E-state index in [0.717, 1.165) is 9.87 Å². The number of ether oxygens (including phenoxy) is 3. The molecule has 0 aliphatic heterocycles. The second kappa shape index (κ2) is 11.8. The number of carbonyl (C=O) groups excluding carboxylic acids is 2. The van der Waals surface area contributed by atoms with Crippen molar-refractivity contribution in [1.82, 2.24) is 9.62 Å². The normalized spacial score (nSPS) is 12.3. The van der Waals surface area contributed by atoms with Gasteiger partial charge in [-0.1, -0.05) is 18.2 Å². The Bertz CT molecular complexity index is 1070. The summed E-state index contributed by atoms with van der Waals surface area (Å²) >= 11 is 0. The van der Waals surface area contributed by atoms with Crippen LogP contribution in [-0.2, 0) is 19.6 Å². The highest BCUT2D eigenvalue weighted by atomic mass is 32.2. The molecule has 0 spiro atoms. The third-order valence-corrected chi connectivity index (χ3v) is 6.76. The van der Waals surface area contributed by atoms with Crippen LogP contribution in [-0.4, -0.2) is 65.4 Å². The predicted octanol–water partition coefficient (Wildman–Crippen LogP) is 2.42. The van der Waals surface area contributed by atoms with Crippen molar-refractivity contribution in [3.8, 4) is 11.5 Å².